The second kappa shape index (κ2) is 7.16. The molecule has 0 spiro atoms. The van der Waals surface area contributed by atoms with E-state index in [2.05, 4.69) is 9.71 Å². The topological polar surface area (TPSA) is 64.0 Å². The third-order valence-corrected chi connectivity index (χ3v) is 5.54. The number of imidazole rings is 1. The fourth-order valence-electron chi connectivity index (χ4n) is 2.56. The molecule has 0 aliphatic carbocycles. The number of halogens is 3. The Morgan fingerprint density at radius 3 is 2.41 bits per heavy atom. The Morgan fingerprint density at radius 1 is 1.11 bits per heavy atom. The Morgan fingerprint density at radius 2 is 1.81 bits per heavy atom. The van der Waals surface area contributed by atoms with Crippen LogP contribution in [0, 0.1) is 0 Å². The summed E-state index contributed by atoms with van der Waals surface area (Å²) in [6.07, 6.45) is 0.434. The van der Waals surface area contributed by atoms with Crippen molar-refractivity contribution in [2.24, 2.45) is 0 Å². The van der Waals surface area contributed by atoms with E-state index >= 15 is 0 Å². The van der Waals surface area contributed by atoms with Gasteiger partial charge in [-0.05, 0) is 42.8 Å². The number of alkyl halides is 3. The highest BCUT2D eigenvalue weighted by molar-refractivity contribution is 7.89. The van der Waals surface area contributed by atoms with Crippen LogP contribution < -0.4 is 4.72 Å². The lowest BCUT2D eigenvalue weighted by Crippen LogP contribution is -2.27. The molecule has 1 heterocycles. The highest BCUT2D eigenvalue weighted by atomic mass is 32.2. The third-order valence-electron chi connectivity index (χ3n) is 4.00. The quantitative estimate of drug-likeness (QED) is 0.712. The van der Waals surface area contributed by atoms with Crippen LogP contribution in [0.1, 0.15) is 24.1 Å². The van der Waals surface area contributed by atoms with Crippen molar-refractivity contribution in [3.8, 4) is 5.69 Å². The molecule has 0 saturated carbocycles. The van der Waals surface area contributed by atoms with E-state index in [-0.39, 0.29) is 0 Å². The van der Waals surface area contributed by atoms with E-state index in [4.69, 9.17) is 0 Å². The van der Waals surface area contributed by atoms with E-state index in [1.165, 1.54) is 0 Å². The number of hydrogen-bond acceptors (Lipinski definition) is 3. The summed E-state index contributed by atoms with van der Waals surface area (Å²) in [5, 5.41) is 0. The first kappa shape index (κ1) is 19.1. The van der Waals surface area contributed by atoms with Crippen LogP contribution in [0.25, 0.3) is 5.69 Å². The maximum Gasteiger partial charge on any atom is 0.416 e. The average molecular weight is 395 g/mol. The fourth-order valence-corrected chi connectivity index (χ4v) is 3.83. The molecule has 9 heteroatoms. The fraction of sp³-hybridized carbons (Fsp3) is 0.167. The van der Waals surface area contributed by atoms with Gasteiger partial charge in [-0.15, -0.1) is 0 Å². The van der Waals surface area contributed by atoms with Crippen molar-refractivity contribution < 1.29 is 21.6 Å². The number of aromatic nitrogens is 2. The van der Waals surface area contributed by atoms with Crippen molar-refractivity contribution in [2.75, 3.05) is 0 Å². The summed E-state index contributed by atoms with van der Waals surface area (Å²) in [7, 11) is -4.11. The van der Waals surface area contributed by atoms with Crippen LogP contribution >= 0.6 is 0 Å². The molecule has 0 bridgehead atoms. The molecule has 0 radical (unpaired) electrons. The monoisotopic (exact) mass is 395 g/mol. The lowest BCUT2D eigenvalue weighted by Gasteiger charge is -2.16. The summed E-state index contributed by atoms with van der Waals surface area (Å²) in [6.45, 7) is 1.62. The lowest BCUT2D eigenvalue weighted by atomic mass is 10.1. The summed E-state index contributed by atoms with van der Waals surface area (Å²) >= 11 is 0. The van der Waals surface area contributed by atoms with Gasteiger partial charge < -0.3 is 4.57 Å². The van der Waals surface area contributed by atoms with Gasteiger partial charge in [0.1, 0.15) is 0 Å². The van der Waals surface area contributed by atoms with E-state index in [0.29, 0.717) is 11.6 Å². The highest BCUT2D eigenvalue weighted by Gasteiger charge is 2.31. The van der Waals surface area contributed by atoms with E-state index in [1.54, 1.807) is 54.5 Å². The summed E-state index contributed by atoms with van der Waals surface area (Å²) < 4.78 is 67.6. The largest absolute Gasteiger partial charge is 0.416 e. The Kier molecular flexibility index (Phi) is 5.07. The van der Waals surface area contributed by atoms with Gasteiger partial charge in [-0.2, -0.15) is 13.2 Å². The Balaban J connectivity index is 1.79. The summed E-state index contributed by atoms with van der Waals surface area (Å²) in [5.41, 5.74) is 0.515. The molecule has 3 aromatic rings. The van der Waals surface area contributed by atoms with Crippen molar-refractivity contribution in [1.29, 1.82) is 0 Å². The predicted octanol–water partition coefficient (Wildman–Crippen LogP) is 3.93. The molecule has 1 atom stereocenters. The second-order valence-electron chi connectivity index (χ2n) is 5.93. The van der Waals surface area contributed by atoms with E-state index < -0.39 is 32.7 Å². The molecule has 0 unspecified atom stereocenters. The smallest absolute Gasteiger partial charge is 0.306 e. The minimum absolute atomic E-state index is 0.431. The van der Waals surface area contributed by atoms with E-state index in [1.807, 2.05) is 0 Å². The van der Waals surface area contributed by atoms with Crippen molar-refractivity contribution in [3.05, 3.63) is 78.4 Å². The Labute approximate surface area is 154 Å². The molecular weight excluding hydrogens is 379 g/mol. The molecule has 27 heavy (non-hydrogen) atoms. The molecule has 1 N–H and O–H groups in total. The average Bonchev–Trinajstić information content (AvgIpc) is 3.15. The third kappa shape index (κ3) is 4.37. The van der Waals surface area contributed by atoms with Crippen LogP contribution in [0.15, 0.2) is 72.1 Å². The Bertz CT molecular complexity index is 1010. The summed E-state index contributed by atoms with van der Waals surface area (Å²) in [4.78, 5) is 3.52. The van der Waals surface area contributed by atoms with Crippen LogP contribution in [-0.2, 0) is 16.2 Å². The molecule has 3 rings (SSSR count). The highest BCUT2D eigenvalue weighted by Crippen LogP contribution is 2.30. The zero-order valence-electron chi connectivity index (χ0n) is 14.2. The first-order chi connectivity index (χ1) is 12.7. The molecule has 1 aromatic heterocycles. The minimum atomic E-state index is -4.61. The van der Waals surface area contributed by atoms with Gasteiger partial charge in [0.15, 0.2) is 0 Å². The maximum absolute atomic E-state index is 12.8. The maximum atomic E-state index is 12.8. The molecule has 5 nitrogen and oxygen atoms in total. The van der Waals surface area contributed by atoms with Gasteiger partial charge >= 0.3 is 6.18 Å². The standard InChI is InChI=1S/C18H16F3N3O2S/c1-13(14-5-7-16(8-6-14)24-10-9-22-12-24)23-27(25,26)17-4-2-3-15(11-17)18(19,20)21/h2-13,23H,1H3/t13-/m1/s1. The van der Waals surface area contributed by atoms with Gasteiger partial charge in [0.25, 0.3) is 0 Å². The molecule has 142 valence electrons. The number of hydrogen-bond donors (Lipinski definition) is 1. The van der Waals surface area contributed by atoms with Crippen molar-refractivity contribution >= 4 is 10.0 Å². The zero-order valence-corrected chi connectivity index (χ0v) is 15.0. The van der Waals surface area contributed by atoms with E-state index in [0.717, 1.165) is 23.9 Å². The van der Waals surface area contributed by atoms with Gasteiger partial charge in [0.05, 0.1) is 16.8 Å². The number of nitrogens with zero attached hydrogens (tertiary/aromatic N) is 2. The minimum Gasteiger partial charge on any atom is -0.306 e. The summed E-state index contributed by atoms with van der Waals surface area (Å²) in [5.74, 6) is 0. The molecule has 0 fully saturated rings. The molecule has 0 aliphatic heterocycles. The van der Waals surface area contributed by atoms with Crippen molar-refractivity contribution in [1.82, 2.24) is 14.3 Å². The van der Waals surface area contributed by atoms with Crippen LogP contribution in [0.5, 0.6) is 0 Å². The first-order valence-corrected chi connectivity index (χ1v) is 9.43. The SMILES string of the molecule is C[C@@H](NS(=O)(=O)c1cccc(C(F)(F)F)c1)c1ccc(-n2ccnc2)cc1. The molecule has 0 amide bonds. The van der Waals surface area contributed by atoms with Gasteiger partial charge in [-0.3, -0.25) is 0 Å². The van der Waals surface area contributed by atoms with Crippen molar-refractivity contribution in [3.63, 3.8) is 0 Å². The lowest BCUT2D eigenvalue weighted by molar-refractivity contribution is -0.137. The number of sulfonamides is 1. The number of nitrogens with one attached hydrogen (secondary N) is 1. The molecule has 0 aliphatic rings. The Hall–Kier alpha value is -2.65. The predicted molar refractivity (Wildman–Crippen MR) is 93.7 cm³/mol. The van der Waals surface area contributed by atoms with Crippen LogP contribution in [0.2, 0.25) is 0 Å². The van der Waals surface area contributed by atoms with Crippen LogP contribution in [-0.4, -0.2) is 18.0 Å². The van der Waals surface area contributed by atoms with Crippen LogP contribution in [0.4, 0.5) is 13.2 Å². The first-order valence-electron chi connectivity index (χ1n) is 7.95. The van der Waals surface area contributed by atoms with E-state index in [9.17, 15) is 21.6 Å². The van der Waals surface area contributed by atoms with Crippen molar-refractivity contribution in [2.45, 2.75) is 24.0 Å². The normalized spacial score (nSPS) is 13.5. The zero-order chi connectivity index (χ0) is 19.7. The van der Waals surface area contributed by atoms with Crippen LogP contribution in [0.3, 0.4) is 0 Å². The number of benzene rings is 2. The molecule has 0 saturated heterocycles. The van der Waals surface area contributed by atoms with Gasteiger partial charge in [0.2, 0.25) is 10.0 Å². The number of rotatable bonds is 5. The molecular formula is C18H16F3N3O2S. The summed E-state index contributed by atoms with van der Waals surface area (Å²) in [6, 6.07) is 10.1. The van der Waals surface area contributed by atoms with Gasteiger partial charge in [-0.1, -0.05) is 18.2 Å². The molecule has 2 aromatic carbocycles. The second-order valence-corrected chi connectivity index (χ2v) is 7.64. The van der Waals surface area contributed by atoms with Gasteiger partial charge in [0, 0.05) is 24.1 Å². The van der Waals surface area contributed by atoms with Gasteiger partial charge in [-0.25, -0.2) is 18.1 Å².